The van der Waals surface area contributed by atoms with Crippen LogP contribution in [0.5, 0.6) is 0 Å². The van der Waals surface area contributed by atoms with Gasteiger partial charge in [-0.25, -0.2) is 0 Å². The van der Waals surface area contributed by atoms with Crippen LogP contribution in [0, 0.1) is 0 Å². The highest BCUT2D eigenvalue weighted by Gasteiger charge is 2.14. The van der Waals surface area contributed by atoms with Crippen molar-refractivity contribution >= 4 is 11.6 Å². The molecule has 0 N–H and O–H groups in total. The van der Waals surface area contributed by atoms with E-state index in [1.54, 1.807) is 7.11 Å². The van der Waals surface area contributed by atoms with Crippen molar-refractivity contribution in [2.45, 2.75) is 25.8 Å². The third-order valence-electron chi connectivity index (χ3n) is 3.11. The number of benzene rings is 1. The molecular formula is C14H18ClN3O. The number of methoxy groups -OCH3 is 1. The molecule has 0 atom stereocenters. The van der Waals surface area contributed by atoms with Gasteiger partial charge in [0.25, 0.3) is 0 Å². The maximum Gasteiger partial charge on any atom is 0.164 e. The summed E-state index contributed by atoms with van der Waals surface area (Å²) in [5.74, 6) is 2.00. The second-order valence-corrected chi connectivity index (χ2v) is 4.50. The highest BCUT2D eigenvalue weighted by Crippen LogP contribution is 2.23. The topological polar surface area (TPSA) is 39.9 Å². The third-order valence-corrected chi connectivity index (χ3v) is 3.34. The summed E-state index contributed by atoms with van der Waals surface area (Å²) in [6, 6.07) is 8.25. The Balaban J connectivity index is 2.46. The first-order chi connectivity index (χ1) is 9.31. The molecule has 0 radical (unpaired) electrons. The second kappa shape index (κ2) is 6.68. The molecule has 0 aliphatic rings. The van der Waals surface area contributed by atoms with Crippen LogP contribution in [0.3, 0.4) is 0 Å². The van der Waals surface area contributed by atoms with E-state index in [1.807, 2.05) is 16.7 Å². The Labute approximate surface area is 118 Å². The maximum atomic E-state index is 5.92. The van der Waals surface area contributed by atoms with Gasteiger partial charge in [-0.1, -0.05) is 31.2 Å². The Bertz CT molecular complexity index is 539. The molecule has 0 bridgehead atoms. The van der Waals surface area contributed by atoms with Crippen LogP contribution in [0.1, 0.15) is 18.3 Å². The molecular weight excluding hydrogens is 262 g/mol. The monoisotopic (exact) mass is 279 g/mol. The van der Waals surface area contributed by atoms with E-state index in [0.717, 1.165) is 23.6 Å². The van der Waals surface area contributed by atoms with E-state index in [9.17, 15) is 0 Å². The molecule has 1 aromatic carbocycles. The molecule has 0 saturated heterocycles. The number of nitrogens with zero attached hydrogens (tertiary/aromatic N) is 3. The van der Waals surface area contributed by atoms with Gasteiger partial charge in [0.05, 0.1) is 12.5 Å². The van der Waals surface area contributed by atoms with Gasteiger partial charge in [0.15, 0.2) is 5.82 Å². The van der Waals surface area contributed by atoms with E-state index in [4.69, 9.17) is 16.3 Å². The molecule has 2 rings (SSSR count). The lowest BCUT2D eigenvalue weighted by Crippen LogP contribution is -2.09. The van der Waals surface area contributed by atoms with Crippen LogP contribution < -0.4 is 0 Å². The van der Waals surface area contributed by atoms with E-state index in [0.29, 0.717) is 19.0 Å². The van der Waals surface area contributed by atoms with Crippen molar-refractivity contribution in [3.8, 4) is 11.4 Å². The van der Waals surface area contributed by atoms with Crippen molar-refractivity contribution in [1.82, 2.24) is 14.8 Å². The Kier molecular flexibility index (Phi) is 4.93. The van der Waals surface area contributed by atoms with Gasteiger partial charge in [0.1, 0.15) is 5.82 Å². The van der Waals surface area contributed by atoms with Gasteiger partial charge >= 0.3 is 0 Å². The van der Waals surface area contributed by atoms with E-state index in [1.165, 1.54) is 5.56 Å². The first-order valence-corrected chi connectivity index (χ1v) is 6.90. The molecule has 0 aliphatic carbocycles. The Hall–Kier alpha value is -1.39. The number of hydrogen-bond acceptors (Lipinski definition) is 3. The van der Waals surface area contributed by atoms with Crippen LogP contribution in [0.2, 0.25) is 0 Å². The van der Waals surface area contributed by atoms with Gasteiger partial charge in [-0.05, 0) is 12.0 Å². The Morgan fingerprint density at radius 2 is 2.05 bits per heavy atom. The average molecular weight is 280 g/mol. The fraction of sp³-hybridized carbons (Fsp3) is 0.429. The Morgan fingerprint density at radius 1 is 1.26 bits per heavy atom. The first kappa shape index (κ1) is 14.0. The minimum atomic E-state index is 0.352. The van der Waals surface area contributed by atoms with Gasteiger partial charge < -0.3 is 9.30 Å². The summed E-state index contributed by atoms with van der Waals surface area (Å²) in [6.07, 6.45) is 0.962. The quantitative estimate of drug-likeness (QED) is 0.764. The number of aryl methyl sites for hydroxylation is 1. The lowest BCUT2D eigenvalue weighted by molar-refractivity contribution is 0.187. The Morgan fingerprint density at radius 3 is 2.74 bits per heavy atom. The number of hydrogen-bond donors (Lipinski definition) is 0. The van der Waals surface area contributed by atoms with Crippen molar-refractivity contribution in [3.05, 3.63) is 35.7 Å². The number of ether oxygens (including phenoxy) is 1. The van der Waals surface area contributed by atoms with Gasteiger partial charge in [0, 0.05) is 19.2 Å². The highest BCUT2D eigenvalue weighted by molar-refractivity contribution is 6.16. The largest absolute Gasteiger partial charge is 0.383 e. The summed E-state index contributed by atoms with van der Waals surface area (Å²) in [5, 5.41) is 8.46. The SMILES string of the molecule is CCc1ccccc1-c1nnc(CCl)n1CCOC. The average Bonchev–Trinajstić information content (AvgIpc) is 2.87. The smallest absolute Gasteiger partial charge is 0.164 e. The molecule has 0 aliphatic heterocycles. The van der Waals surface area contributed by atoms with Gasteiger partial charge in [-0.15, -0.1) is 21.8 Å². The zero-order chi connectivity index (χ0) is 13.7. The molecule has 5 heteroatoms. The van der Waals surface area contributed by atoms with E-state index < -0.39 is 0 Å². The van der Waals surface area contributed by atoms with Crippen molar-refractivity contribution in [1.29, 1.82) is 0 Å². The molecule has 1 aromatic heterocycles. The summed E-state index contributed by atoms with van der Waals surface area (Å²) >= 11 is 5.92. The maximum absolute atomic E-state index is 5.92. The summed E-state index contributed by atoms with van der Waals surface area (Å²) in [7, 11) is 1.68. The van der Waals surface area contributed by atoms with Crippen LogP contribution in [0.15, 0.2) is 24.3 Å². The van der Waals surface area contributed by atoms with E-state index in [-0.39, 0.29) is 0 Å². The highest BCUT2D eigenvalue weighted by atomic mass is 35.5. The van der Waals surface area contributed by atoms with Gasteiger partial charge in [-0.2, -0.15) is 0 Å². The minimum absolute atomic E-state index is 0.352. The van der Waals surface area contributed by atoms with Crippen molar-refractivity contribution in [2.24, 2.45) is 0 Å². The molecule has 0 unspecified atom stereocenters. The first-order valence-electron chi connectivity index (χ1n) is 6.37. The second-order valence-electron chi connectivity index (χ2n) is 4.23. The zero-order valence-electron chi connectivity index (χ0n) is 11.3. The number of alkyl halides is 1. The predicted molar refractivity (Wildman–Crippen MR) is 76.3 cm³/mol. The standard InChI is InChI=1S/C14H18ClN3O/c1-3-11-6-4-5-7-12(11)14-17-16-13(10-15)18(14)8-9-19-2/h4-7H,3,8-10H2,1-2H3. The van der Waals surface area contributed by atoms with E-state index in [2.05, 4.69) is 29.3 Å². The van der Waals surface area contributed by atoms with Crippen molar-refractivity contribution in [2.75, 3.05) is 13.7 Å². The summed E-state index contributed by atoms with van der Waals surface area (Å²) in [4.78, 5) is 0. The van der Waals surface area contributed by atoms with Gasteiger partial charge in [0.2, 0.25) is 0 Å². The molecule has 0 saturated carbocycles. The molecule has 19 heavy (non-hydrogen) atoms. The van der Waals surface area contributed by atoms with Crippen LogP contribution in [0.4, 0.5) is 0 Å². The van der Waals surface area contributed by atoms with Crippen LogP contribution >= 0.6 is 11.6 Å². The van der Waals surface area contributed by atoms with Crippen LogP contribution in [0.25, 0.3) is 11.4 Å². The lowest BCUT2D eigenvalue weighted by Gasteiger charge is -2.11. The third kappa shape index (κ3) is 2.96. The molecule has 1 heterocycles. The van der Waals surface area contributed by atoms with Crippen LogP contribution in [-0.4, -0.2) is 28.5 Å². The van der Waals surface area contributed by atoms with Crippen molar-refractivity contribution < 1.29 is 4.74 Å². The van der Waals surface area contributed by atoms with Crippen molar-refractivity contribution in [3.63, 3.8) is 0 Å². The van der Waals surface area contributed by atoms with E-state index >= 15 is 0 Å². The number of rotatable bonds is 6. The minimum Gasteiger partial charge on any atom is -0.383 e. The molecule has 2 aromatic rings. The molecule has 4 nitrogen and oxygen atoms in total. The molecule has 0 fully saturated rings. The summed E-state index contributed by atoms with van der Waals surface area (Å²) < 4.78 is 7.18. The number of halogens is 1. The fourth-order valence-electron chi connectivity index (χ4n) is 2.10. The molecule has 0 spiro atoms. The summed E-state index contributed by atoms with van der Waals surface area (Å²) in [5.41, 5.74) is 2.37. The van der Waals surface area contributed by atoms with Crippen LogP contribution in [-0.2, 0) is 23.6 Å². The molecule has 102 valence electrons. The normalized spacial score (nSPS) is 10.9. The molecule has 0 amide bonds. The number of aromatic nitrogens is 3. The van der Waals surface area contributed by atoms with Gasteiger partial charge in [-0.3, -0.25) is 0 Å². The predicted octanol–water partition coefficient (Wildman–Crippen LogP) is 2.89. The fourth-order valence-corrected chi connectivity index (χ4v) is 2.30. The summed E-state index contributed by atoms with van der Waals surface area (Å²) in [6.45, 7) is 3.46. The lowest BCUT2D eigenvalue weighted by atomic mass is 10.0. The zero-order valence-corrected chi connectivity index (χ0v) is 12.0.